The second-order valence-corrected chi connectivity index (χ2v) is 6.20. The van der Waals surface area contributed by atoms with Crippen molar-refractivity contribution in [1.29, 1.82) is 5.26 Å². The fourth-order valence-electron chi connectivity index (χ4n) is 2.69. The maximum atomic E-state index is 12.0. The van der Waals surface area contributed by atoms with Crippen molar-refractivity contribution in [2.75, 3.05) is 23.4 Å². The number of nitrogens with zero attached hydrogens (tertiary/aromatic N) is 2. The molecule has 1 N–H and O–H groups in total. The molecular formula is C19H16ClN3O3. The van der Waals surface area contributed by atoms with Crippen LogP contribution >= 0.6 is 11.6 Å². The van der Waals surface area contributed by atoms with Crippen LogP contribution in [0.1, 0.15) is 18.4 Å². The number of halogens is 1. The van der Waals surface area contributed by atoms with Crippen LogP contribution in [0.3, 0.4) is 0 Å². The van der Waals surface area contributed by atoms with E-state index < -0.39 is 0 Å². The molecule has 1 aliphatic rings. The van der Waals surface area contributed by atoms with Gasteiger partial charge in [-0.2, -0.15) is 5.26 Å². The summed E-state index contributed by atoms with van der Waals surface area (Å²) in [5.41, 5.74) is 1.59. The number of carbonyl (C=O) groups excluding carboxylic acids is 2. The number of nitriles is 1. The van der Waals surface area contributed by atoms with Crippen molar-refractivity contribution < 1.29 is 14.3 Å². The zero-order chi connectivity index (χ0) is 18.5. The highest BCUT2D eigenvalue weighted by atomic mass is 35.5. The smallest absolute Gasteiger partial charge is 0.262 e. The van der Waals surface area contributed by atoms with Gasteiger partial charge in [0.15, 0.2) is 6.61 Å². The fourth-order valence-corrected chi connectivity index (χ4v) is 2.91. The molecule has 1 aliphatic heterocycles. The maximum Gasteiger partial charge on any atom is 0.262 e. The minimum atomic E-state index is -0.353. The summed E-state index contributed by atoms with van der Waals surface area (Å²) in [5.74, 6) is 0.251. The van der Waals surface area contributed by atoms with Gasteiger partial charge in [-0.15, -0.1) is 0 Å². The van der Waals surface area contributed by atoms with Crippen molar-refractivity contribution in [1.82, 2.24) is 0 Å². The minimum Gasteiger partial charge on any atom is -0.484 e. The molecule has 0 aliphatic carbocycles. The van der Waals surface area contributed by atoms with E-state index in [2.05, 4.69) is 5.32 Å². The first-order valence-corrected chi connectivity index (χ1v) is 8.47. The molecule has 2 amide bonds. The number of carbonyl (C=O) groups is 2. The lowest BCUT2D eigenvalue weighted by Gasteiger charge is -2.16. The minimum absolute atomic E-state index is 0.0950. The predicted molar refractivity (Wildman–Crippen MR) is 98.3 cm³/mol. The van der Waals surface area contributed by atoms with E-state index in [9.17, 15) is 9.59 Å². The summed E-state index contributed by atoms with van der Waals surface area (Å²) >= 11 is 5.94. The Kier molecular flexibility index (Phi) is 5.40. The molecule has 0 bridgehead atoms. The van der Waals surface area contributed by atoms with Crippen molar-refractivity contribution in [3.8, 4) is 11.8 Å². The average Bonchev–Trinajstić information content (AvgIpc) is 3.06. The van der Waals surface area contributed by atoms with Gasteiger partial charge < -0.3 is 15.0 Å². The number of hydrogen-bond donors (Lipinski definition) is 1. The van der Waals surface area contributed by atoms with Gasteiger partial charge in [-0.3, -0.25) is 9.59 Å². The quantitative estimate of drug-likeness (QED) is 0.876. The molecule has 2 aromatic carbocycles. The van der Waals surface area contributed by atoms with Crippen molar-refractivity contribution in [2.45, 2.75) is 12.8 Å². The van der Waals surface area contributed by atoms with E-state index in [0.717, 1.165) is 12.1 Å². The van der Waals surface area contributed by atoms with Crippen LogP contribution < -0.4 is 15.0 Å². The van der Waals surface area contributed by atoms with E-state index in [0.29, 0.717) is 30.0 Å². The second kappa shape index (κ2) is 7.89. The molecule has 0 spiro atoms. The van der Waals surface area contributed by atoms with Gasteiger partial charge in [-0.05, 0) is 36.8 Å². The molecule has 0 radical (unpaired) electrons. The summed E-state index contributed by atoms with van der Waals surface area (Å²) in [6.45, 7) is 0.511. The van der Waals surface area contributed by atoms with Crippen LogP contribution in [0.5, 0.6) is 5.75 Å². The first-order valence-electron chi connectivity index (χ1n) is 8.09. The third-order valence-corrected chi connectivity index (χ3v) is 4.26. The maximum absolute atomic E-state index is 12.0. The van der Waals surface area contributed by atoms with Gasteiger partial charge in [0.1, 0.15) is 11.8 Å². The van der Waals surface area contributed by atoms with Crippen LogP contribution in [0.2, 0.25) is 5.02 Å². The molecule has 2 aromatic rings. The van der Waals surface area contributed by atoms with Gasteiger partial charge in [-0.1, -0.05) is 17.7 Å². The van der Waals surface area contributed by atoms with E-state index in [-0.39, 0.29) is 23.4 Å². The summed E-state index contributed by atoms with van der Waals surface area (Å²) < 4.78 is 5.52. The largest absolute Gasteiger partial charge is 0.484 e. The second-order valence-electron chi connectivity index (χ2n) is 5.79. The molecule has 6 nitrogen and oxygen atoms in total. The number of hydrogen-bond acceptors (Lipinski definition) is 4. The number of anilines is 2. The number of ether oxygens (including phenoxy) is 1. The molecule has 26 heavy (non-hydrogen) atoms. The van der Waals surface area contributed by atoms with E-state index in [1.54, 1.807) is 29.2 Å². The topological polar surface area (TPSA) is 82.4 Å². The van der Waals surface area contributed by atoms with Gasteiger partial charge >= 0.3 is 0 Å². The van der Waals surface area contributed by atoms with Gasteiger partial charge in [-0.25, -0.2) is 0 Å². The van der Waals surface area contributed by atoms with Gasteiger partial charge in [0.2, 0.25) is 5.91 Å². The third-order valence-electron chi connectivity index (χ3n) is 3.95. The first kappa shape index (κ1) is 17.8. The van der Waals surface area contributed by atoms with Crippen molar-refractivity contribution in [3.05, 3.63) is 53.1 Å². The Bertz CT molecular complexity index is 892. The molecular weight excluding hydrogens is 354 g/mol. The molecule has 0 aromatic heterocycles. The summed E-state index contributed by atoms with van der Waals surface area (Å²) in [4.78, 5) is 25.6. The fraction of sp³-hybridized carbons (Fsp3) is 0.211. The van der Waals surface area contributed by atoms with E-state index >= 15 is 0 Å². The van der Waals surface area contributed by atoms with Crippen LogP contribution in [0.15, 0.2) is 42.5 Å². The zero-order valence-electron chi connectivity index (χ0n) is 13.9. The Labute approximate surface area is 155 Å². The number of benzene rings is 2. The van der Waals surface area contributed by atoms with Crippen molar-refractivity contribution in [3.63, 3.8) is 0 Å². The molecule has 132 valence electrons. The Morgan fingerprint density at radius 3 is 2.85 bits per heavy atom. The lowest BCUT2D eigenvalue weighted by Crippen LogP contribution is -2.24. The molecule has 1 heterocycles. The molecule has 0 saturated carbocycles. The molecule has 1 saturated heterocycles. The highest BCUT2D eigenvalue weighted by Crippen LogP contribution is 2.25. The van der Waals surface area contributed by atoms with E-state index in [4.69, 9.17) is 21.6 Å². The number of nitrogens with one attached hydrogen (secondary N) is 1. The Hall–Kier alpha value is -3.04. The Balaban J connectivity index is 1.59. The molecule has 7 heteroatoms. The first-order chi connectivity index (χ1) is 12.6. The Morgan fingerprint density at radius 1 is 1.31 bits per heavy atom. The van der Waals surface area contributed by atoms with E-state index in [1.165, 1.54) is 12.1 Å². The van der Waals surface area contributed by atoms with Crippen LogP contribution in [-0.4, -0.2) is 25.0 Å². The number of amides is 2. The summed E-state index contributed by atoms with van der Waals surface area (Å²) in [5, 5.41) is 11.8. The van der Waals surface area contributed by atoms with E-state index in [1.807, 2.05) is 12.1 Å². The molecule has 3 rings (SSSR count). The Morgan fingerprint density at radius 2 is 2.15 bits per heavy atom. The van der Waals surface area contributed by atoms with Crippen LogP contribution in [0.4, 0.5) is 11.4 Å². The van der Waals surface area contributed by atoms with Crippen molar-refractivity contribution >= 4 is 34.8 Å². The zero-order valence-corrected chi connectivity index (χ0v) is 14.6. The number of rotatable bonds is 5. The van der Waals surface area contributed by atoms with Gasteiger partial charge in [0.05, 0.1) is 10.6 Å². The molecule has 0 atom stereocenters. The summed E-state index contributed by atoms with van der Waals surface area (Å²) in [6.07, 6.45) is 1.40. The molecule has 0 unspecified atom stereocenters. The highest BCUT2D eigenvalue weighted by molar-refractivity contribution is 6.32. The lowest BCUT2D eigenvalue weighted by molar-refractivity contribution is -0.118. The summed E-state index contributed by atoms with van der Waals surface area (Å²) in [6, 6.07) is 13.7. The third kappa shape index (κ3) is 4.13. The van der Waals surface area contributed by atoms with Crippen LogP contribution in [0, 0.1) is 11.3 Å². The predicted octanol–water partition coefficient (Wildman–Crippen LogP) is 3.36. The SMILES string of the molecule is N#Cc1ccc(NC(=O)COc2cccc(N3CCCC3=O)c2)cc1Cl. The summed E-state index contributed by atoms with van der Waals surface area (Å²) in [7, 11) is 0. The highest BCUT2D eigenvalue weighted by Gasteiger charge is 2.21. The van der Waals surface area contributed by atoms with Crippen molar-refractivity contribution in [2.24, 2.45) is 0 Å². The monoisotopic (exact) mass is 369 g/mol. The van der Waals surface area contributed by atoms with Crippen LogP contribution in [0.25, 0.3) is 0 Å². The average molecular weight is 370 g/mol. The normalized spacial score (nSPS) is 13.4. The van der Waals surface area contributed by atoms with Gasteiger partial charge in [0.25, 0.3) is 5.91 Å². The standard InChI is InChI=1S/C19H16ClN3O3/c20-17-9-14(7-6-13(17)11-21)22-18(24)12-26-16-4-1-3-15(10-16)23-8-2-5-19(23)25/h1,3-4,6-7,9-10H,2,5,8,12H2,(H,22,24). The van der Waals surface area contributed by atoms with Gasteiger partial charge in [0, 0.05) is 30.4 Å². The molecule has 1 fully saturated rings. The lowest BCUT2D eigenvalue weighted by atomic mass is 10.2. The van der Waals surface area contributed by atoms with Crippen LogP contribution in [-0.2, 0) is 9.59 Å².